The Kier molecular flexibility index (Phi) is 5.58. The first-order valence-electron chi connectivity index (χ1n) is 5.76. The Balaban J connectivity index is 2.88. The number of amides is 1. The lowest BCUT2D eigenvalue weighted by atomic mass is 10.1. The maximum Gasteiger partial charge on any atom is 0.294 e. The van der Waals surface area contributed by atoms with Crippen LogP contribution in [0.25, 0.3) is 0 Å². The number of nitrogens with one attached hydrogen (secondary N) is 3. The number of carbonyl (C=O) groups excluding carboxylic acids is 1. The molecule has 0 aliphatic rings. The van der Waals surface area contributed by atoms with Gasteiger partial charge in [-0.3, -0.25) is 20.8 Å². The van der Waals surface area contributed by atoms with Crippen molar-refractivity contribution in [2.45, 2.75) is 0 Å². The van der Waals surface area contributed by atoms with Gasteiger partial charge in [0.05, 0.1) is 16.2 Å². The van der Waals surface area contributed by atoms with Crippen molar-refractivity contribution in [2.75, 3.05) is 24.8 Å². The van der Waals surface area contributed by atoms with Crippen LogP contribution in [-0.2, 0) is 10.0 Å². The number of nitrogens with zero attached hydrogens (tertiary/aromatic N) is 1. The predicted molar refractivity (Wildman–Crippen MR) is 76.1 cm³/mol. The van der Waals surface area contributed by atoms with Crippen LogP contribution in [-0.4, -0.2) is 38.6 Å². The van der Waals surface area contributed by atoms with E-state index in [1.165, 1.54) is 25.2 Å². The van der Waals surface area contributed by atoms with Gasteiger partial charge in [0.15, 0.2) is 0 Å². The Morgan fingerprint density at radius 3 is 2.62 bits per heavy atom. The summed E-state index contributed by atoms with van der Waals surface area (Å²) in [5, 5.41) is 13.2. The highest BCUT2D eigenvalue weighted by Gasteiger charge is 2.21. The molecule has 0 spiro atoms. The largest absolute Gasteiger partial charge is 0.351 e. The molecule has 0 unspecified atom stereocenters. The summed E-state index contributed by atoms with van der Waals surface area (Å²) in [6.07, 6.45) is 0. The molecule has 0 bridgehead atoms. The number of nitro groups is 1. The van der Waals surface area contributed by atoms with Gasteiger partial charge in [0.25, 0.3) is 11.6 Å². The van der Waals surface area contributed by atoms with Gasteiger partial charge in [-0.25, -0.2) is 13.1 Å². The molecule has 0 aliphatic heterocycles. The normalized spacial score (nSPS) is 11.0. The van der Waals surface area contributed by atoms with Crippen LogP contribution >= 0.6 is 0 Å². The second-order valence-corrected chi connectivity index (χ2v) is 5.93. The third-order valence-corrected chi connectivity index (χ3v) is 3.96. The summed E-state index contributed by atoms with van der Waals surface area (Å²) >= 11 is 0. The lowest BCUT2D eigenvalue weighted by Gasteiger charge is -2.10. The van der Waals surface area contributed by atoms with Gasteiger partial charge in [0.1, 0.15) is 5.69 Å². The van der Waals surface area contributed by atoms with Crippen LogP contribution in [0.4, 0.5) is 11.4 Å². The maximum atomic E-state index is 11.9. The van der Waals surface area contributed by atoms with Crippen molar-refractivity contribution in [3.8, 4) is 0 Å². The molecule has 116 valence electrons. The molecule has 1 aromatic rings. The van der Waals surface area contributed by atoms with E-state index in [0.29, 0.717) is 0 Å². The zero-order valence-corrected chi connectivity index (χ0v) is 11.9. The third kappa shape index (κ3) is 4.37. The number of anilines is 1. The fourth-order valence-corrected chi connectivity index (χ4v) is 2.10. The van der Waals surface area contributed by atoms with Crippen molar-refractivity contribution < 1.29 is 18.1 Å². The van der Waals surface area contributed by atoms with Crippen LogP contribution in [0, 0.1) is 10.1 Å². The van der Waals surface area contributed by atoms with Crippen molar-refractivity contribution in [2.24, 2.45) is 5.84 Å². The highest BCUT2D eigenvalue weighted by atomic mass is 32.2. The number of hydrogen-bond donors (Lipinski definition) is 4. The molecule has 0 fully saturated rings. The molecule has 0 atom stereocenters. The molecule has 1 rings (SSSR count). The summed E-state index contributed by atoms with van der Waals surface area (Å²) in [7, 11) is -2.19. The van der Waals surface area contributed by atoms with E-state index >= 15 is 0 Å². The number of sulfonamides is 1. The van der Waals surface area contributed by atoms with E-state index in [-0.39, 0.29) is 29.2 Å². The van der Waals surface area contributed by atoms with E-state index in [1.807, 2.05) is 0 Å². The van der Waals surface area contributed by atoms with Gasteiger partial charge in [-0.05, 0) is 13.1 Å². The molecule has 0 aromatic heterocycles. The number of benzene rings is 1. The number of nitrogens with two attached hydrogens (primary N) is 1. The Morgan fingerprint density at radius 1 is 1.43 bits per heavy atom. The molecule has 0 heterocycles. The molecule has 0 radical (unpaired) electrons. The van der Waals surface area contributed by atoms with E-state index in [2.05, 4.69) is 15.5 Å². The number of hydrogen-bond acceptors (Lipinski definition) is 7. The summed E-state index contributed by atoms with van der Waals surface area (Å²) in [6.45, 7) is -0.144. The van der Waals surface area contributed by atoms with E-state index < -0.39 is 20.9 Å². The Morgan fingerprint density at radius 2 is 2.10 bits per heavy atom. The van der Waals surface area contributed by atoms with Crippen molar-refractivity contribution in [1.29, 1.82) is 0 Å². The van der Waals surface area contributed by atoms with E-state index in [9.17, 15) is 23.3 Å². The quantitative estimate of drug-likeness (QED) is 0.290. The fraction of sp³-hybridized carbons (Fsp3) is 0.300. The number of nitro benzene ring substituents is 1. The molecular formula is C10H15N5O5S. The van der Waals surface area contributed by atoms with Crippen LogP contribution in [0.3, 0.4) is 0 Å². The predicted octanol–water partition coefficient (Wildman–Crippen LogP) is -0.841. The van der Waals surface area contributed by atoms with Gasteiger partial charge in [-0.15, -0.1) is 0 Å². The summed E-state index contributed by atoms with van der Waals surface area (Å²) in [6, 6.07) is 3.86. The smallest absolute Gasteiger partial charge is 0.294 e. The van der Waals surface area contributed by atoms with Gasteiger partial charge in [-0.1, -0.05) is 6.07 Å². The summed E-state index contributed by atoms with van der Waals surface area (Å²) in [5.41, 5.74) is 1.57. The van der Waals surface area contributed by atoms with Gasteiger partial charge < -0.3 is 10.7 Å². The highest BCUT2D eigenvalue weighted by Crippen LogP contribution is 2.27. The van der Waals surface area contributed by atoms with Crippen molar-refractivity contribution in [3.05, 3.63) is 33.9 Å². The zero-order chi connectivity index (χ0) is 16.0. The SMILES string of the molecule is CNS(=O)(=O)CCNC(=O)c1cccc([N+](=O)[O-])c1NN. The van der Waals surface area contributed by atoms with Gasteiger partial charge in [0.2, 0.25) is 10.0 Å². The molecule has 1 amide bonds. The molecule has 0 saturated carbocycles. The summed E-state index contributed by atoms with van der Waals surface area (Å²) in [4.78, 5) is 22.1. The lowest BCUT2D eigenvalue weighted by Crippen LogP contribution is -2.33. The van der Waals surface area contributed by atoms with E-state index in [4.69, 9.17) is 5.84 Å². The number of carbonyl (C=O) groups is 1. The zero-order valence-electron chi connectivity index (χ0n) is 11.1. The minimum atomic E-state index is -3.45. The summed E-state index contributed by atoms with van der Waals surface area (Å²) < 4.78 is 24.5. The number of rotatable bonds is 7. The van der Waals surface area contributed by atoms with Crippen LogP contribution in [0.1, 0.15) is 10.4 Å². The van der Waals surface area contributed by atoms with Gasteiger partial charge >= 0.3 is 0 Å². The van der Waals surface area contributed by atoms with E-state index in [0.717, 1.165) is 0 Å². The Bertz CT molecular complexity index is 645. The van der Waals surface area contributed by atoms with Crippen LogP contribution in [0.15, 0.2) is 18.2 Å². The standard InChI is InChI=1S/C10H15N5O5S/c1-12-21(19,20)6-5-13-10(16)7-3-2-4-8(15(17)18)9(7)14-11/h2-4,12,14H,5-6,11H2,1H3,(H,13,16). The summed E-state index contributed by atoms with van der Waals surface area (Å²) in [5.74, 6) is 4.23. The minimum absolute atomic E-state index is 0.0476. The molecule has 11 heteroatoms. The number of para-hydroxylation sites is 1. The highest BCUT2D eigenvalue weighted by molar-refractivity contribution is 7.89. The van der Waals surface area contributed by atoms with E-state index in [1.54, 1.807) is 0 Å². The average molecular weight is 317 g/mol. The number of nitrogen functional groups attached to an aromatic ring is 1. The van der Waals surface area contributed by atoms with Crippen molar-refractivity contribution >= 4 is 27.3 Å². The Hall–Kier alpha value is -2.24. The monoisotopic (exact) mass is 317 g/mol. The Labute approximate surface area is 120 Å². The van der Waals surface area contributed by atoms with Gasteiger partial charge in [0, 0.05) is 12.6 Å². The first-order valence-corrected chi connectivity index (χ1v) is 7.41. The maximum absolute atomic E-state index is 11.9. The first-order chi connectivity index (χ1) is 9.82. The van der Waals surface area contributed by atoms with Crippen LogP contribution in [0.5, 0.6) is 0 Å². The third-order valence-electron chi connectivity index (χ3n) is 2.60. The lowest BCUT2D eigenvalue weighted by molar-refractivity contribution is -0.384. The fourth-order valence-electron chi connectivity index (χ4n) is 1.53. The van der Waals surface area contributed by atoms with Gasteiger partial charge in [-0.2, -0.15) is 0 Å². The van der Waals surface area contributed by atoms with Crippen LogP contribution < -0.4 is 21.3 Å². The molecule has 0 aliphatic carbocycles. The number of hydrazine groups is 1. The first kappa shape index (κ1) is 16.8. The minimum Gasteiger partial charge on any atom is -0.351 e. The van der Waals surface area contributed by atoms with Crippen LogP contribution in [0.2, 0.25) is 0 Å². The average Bonchev–Trinajstić information content (AvgIpc) is 2.45. The topological polar surface area (TPSA) is 156 Å². The molecule has 0 saturated heterocycles. The molecule has 5 N–H and O–H groups in total. The second-order valence-electron chi connectivity index (χ2n) is 3.88. The molecule has 21 heavy (non-hydrogen) atoms. The second kappa shape index (κ2) is 6.97. The molecule has 1 aromatic carbocycles. The van der Waals surface area contributed by atoms with Crippen molar-refractivity contribution in [3.63, 3.8) is 0 Å². The molecule has 10 nitrogen and oxygen atoms in total. The molecular weight excluding hydrogens is 302 g/mol. The van der Waals surface area contributed by atoms with Crippen molar-refractivity contribution in [1.82, 2.24) is 10.0 Å².